The van der Waals surface area contributed by atoms with Gasteiger partial charge in [0.1, 0.15) is 13.1 Å². The normalized spacial score (nSPS) is 29.1. The number of esters is 2. The number of piperidine rings is 2. The zero-order chi connectivity index (χ0) is 40.7. The van der Waals surface area contributed by atoms with E-state index in [1.807, 2.05) is 24.3 Å². The van der Waals surface area contributed by atoms with E-state index >= 15 is 0 Å². The van der Waals surface area contributed by atoms with Gasteiger partial charge in [-0.05, 0) is 36.1 Å². The Morgan fingerprint density at radius 1 is 0.603 bits per heavy atom. The molecule has 0 aromatic heterocycles. The summed E-state index contributed by atoms with van der Waals surface area (Å²) < 4.78 is 34.7. The number of benzene rings is 2. The molecule has 6 rings (SSSR count). The van der Waals surface area contributed by atoms with Gasteiger partial charge in [0.05, 0.1) is 78.5 Å². The number of carbonyl (C=O) groups excluding carboxylic acids is 2. The molecule has 0 amide bonds. The van der Waals surface area contributed by atoms with E-state index in [-0.39, 0.29) is 72.3 Å². The maximum atomic E-state index is 13.8. The third-order valence-corrected chi connectivity index (χ3v) is 14.1. The molecule has 2 aromatic rings. The summed E-state index contributed by atoms with van der Waals surface area (Å²) in [6, 6.07) is 8.03. The minimum atomic E-state index is -1.40. The second-order valence-corrected chi connectivity index (χ2v) is 16.9. The Morgan fingerprint density at radius 3 is 1.12 bits per heavy atom. The molecule has 0 spiro atoms. The van der Waals surface area contributed by atoms with Crippen LogP contribution in [0.2, 0.25) is 0 Å². The van der Waals surface area contributed by atoms with Gasteiger partial charge in [-0.3, -0.25) is 19.2 Å². The predicted octanol–water partition coefficient (Wildman–Crippen LogP) is -0.399. The van der Waals surface area contributed by atoms with E-state index in [1.54, 1.807) is 0 Å². The minimum absolute atomic E-state index is 0. The van der Waals surface area contributed by atoms with Crippen molar-refractivity contribution < 1.29 is 91.6 Å². The number of quaternary nitrogens is 2. The summed E-state index contributed by atoms with van der Waals surface area (Å²) in [4.78, 5) is 50.2. The van der Waals surface area contributed by atoms with Crippen LogP contribution in [0.1, 0.15) is 82.8 Å². The molecule has 4 aliphatic rings. The summed E-state index contributed by atoms with van der Waals surface area (Å²) >= 11 is 0. The lowest BCUT2D eigenvalue weighted by atomic mass is 9.57. The van der Waals surface area contributed by atoms with E-state index in [0.29, 0.717) is 70.7 Å². The van der Waals surface area contributed by atoms with Crippen LogP contribution >= 0.6 is 0 Å². The first-order valence-corrected chi connectivity index (χ1v) is 19.5. The van der Waals surface area contributed by atoms with E-state index in [9.17, 15) is 29.4 Å². The molecule has 0 aliphatic carbocycles. The Labute approximate surface area is 353 Å². The summed E-state index contributed by atoms with van der Waals surface area (Å²) in [5.41, 5.74) is 0.486. The Hall–Kier alpha value is -3.98. The highest BCUT2D eigenvalue weighted by atomic mass is 35.5. The average Bonchev–Trinajstić information content (AvgIpc) is 3.37. The number of rotatable bonds is 15. The largest absolute Gasteiger partial charge is 1.00 e. The Bertz CT molecular complexity index is 1680. The molecule has 4 saturated heterocycles. The number of aliphatic carboxylic acids is 2. The smallest absolute Gasteiger partial charge is 0.310 e. The van der Waals surface area contributed by atoms with Crippen molar-refractivity contribution in [2.45, 2.75) is 109 Å². The zero-order valence-corrected chi connectivity index (χ0v) is 36.2. The van der Waals surface area contributed by atoms with Crippen molar-refractivity contribution in [1.82, 2.24) is 0 Å². The molecule has 16 heteroatoms. The highest BCUT2D eigenvalue weighted by molar-refractivity contribution is 5.82. The van der Waals surface area contributed by atoms with Crippen LogP contribution in [0.3, 0.4) is 0 Å². The van der Waals surface area contributed by atoms with Crippen molar-refractivity contribution >= 4 is 23.9 Å². The molecular weight excluding hydrogens is 795 g/mol. The van der Waals surface area contributed by atoms with Crippen molar-refractivity contribution in [3.63, 3.8) is 0 Å². The number of carboxylic acid groups (broad SMARTS) is 2. The van der Waals surface area contributed by atoms with Crippen LogP contribution in [-0.2, 0) is 32.3 Å². The molecule has 4 unspecified atom stereocenters. The molecule has 2 N–H and O–H groups in total. The van der Waals surface area contributed by atoms with E-state index in [4.69, 9.17) is 28.4 Å². The molecule has 58 heavy (non-hydrogen) atoms. The molecule has 0 radical (unpaired) electrons. The van der Waals surface area contributed by atoms with Crippen LogP contribution in [0.15, 0.2) is 24.3 Å². The molecule has 14 nitrogen and oxygen atoms in total. The lowest BCUT2D eigenvalue weighted by Crippen LogP contribution is -3.00. The summed E-state index contributed by atoms with van der Waals surface area (Å²) in [6.45, 7) is 3.91. The maximum absolute atomic E-state index is 13.8. The predicted molar refractivity (Wildman–Crippen MR) is 203 cm³/mol. The van der Waals surface area contributed by atoms with Crippen LogP contribution in [-0.4, -0.2) is 110 Å². The Balaban J connectivity index is 0.00000372. The van der Waals surface area contributed by atoms with Crippen molar-refractivity contribution in [2.24, 2.45) is 17.3 Å². The number of nitrogens with zero attached hydrogens (tertiary/aromatic N) is 2. The highest BCUT2D eigenvalue weighted by Crippen LogP contribution is 2.59. The van der Waals surface area contributed by atoms with Crippen LogP contribution in [0.25, 0.3) is 0 Å². The number of methoxy groups -OCH3 is 4. The fraction of sp³-hybridized carbons (Fsp3) is 0.619. The van der Waals surface area contributed by atoms with Gasteiger partial charge in [-0.15, -0.1) is 0 Å². The van der Waals surface area contributed by atoms with Gasteiger partial charge in [0.2, 0.25) is 11.5 Å². The quantitative estimate of drug-likeness (QED) is 0.136. The zero-order valence-electron chi connectivity index (χ0n) is 34.7. The monoisotopic (exact) mass is 852 g/mol. The molecule has 322 valence electrons. The first-order valence-electron chi connectivity index (χ1n) is 19.5. The van der Waals surface area contributed by atoms with Gasteiger partial charge in [0.15, 0.2) is 23.0 Å². The number of hydrogen-bond donors (Lipinski definition) is 2. The lowest BCUT2D eigenvalue weighted by Gasteiger charge is -2.55. The highest BCUT2D eigenvalue weighted by Gasteiger charge is 2.64. The van der Waals surface area contributed by atoms with Gasteiger partial charge < -0.3 is 72.4 Å². The van der Waals surface area contributed by atoms with Crippen LogP contribution in [0, 0.1) is 17.3 Å². The van der Waals surface area contributed by atoms with Gasteiger partial charge in [-0.2, -0.15) is 0 Å². The molecular formula is C42H58Cl2N2O12. The molecule has 2 aromatic carbocycles. The first-order chi connectivity index (χ1) is 26.5. The Morgan fingerprint density at radius 2 is 0.897 bits per heavy atom. The third-order valence-electron chi connectivity index (χ3n) is 14.1. The van der Waals surface area contributed by atoms with Gasteiger partial charge >= 0.3 is 23.9 Å². The standard InChI is InChI=1S/C42H56N2O12.2ClH/c1-24(45)55-39-34(51-5)13-26(14-35(39)52-6)22-43(3)30-9-10-31(43)18-28(17-30)42(41(49)50,21-38(47)48)29-19-32-11-12-33(20-29)44(32,4)23-27-15-36(53-7)40(56-25(2)46)37(16-27)54-8;;/h13-16,28-33H,9-12,17-23H2,1-8H3;2*1H/t28?,29?,30-,31+,32-,33+,42?,43?,44?;;. The second kappa shape index (κ2) is 18.1. The molecule has 4 aliphatic heterocycles. The molecule has 4 fully saturated rings. The molecule has 8 atom stereocenters. The Kier molecular flexibility index (Phi) is 14.6. The number of ether oxygens (including phenoxy) is 6. The number of hydrogen-bond acceptors (Lipinski definition) is 10. The van der Waals surface area contributed by atoms with Gasteiger partial charge in [0.25, 0.3) is 0 Å². The third kappa shape index (κ3) is 8.39. The SMILES string of the molecule is COc1cc(C[N+]2(C)[C@@H]3CC[C@H]2CC(C(CC(=O)O)(C(=O)O)C2C[C@H]4CC[C@@H](C2)[N+]4(C)Cc2cc(OC)c(OC(C)=O)c(OC)c2)C3)cc(OC)c1OC(C)=O.[Cl-].[Cl-]. The van der Waals surface area contributed by atoms with Crippen molar-refractivity contribution in [1.29, 1.82) is 0 Å². The van der Waals surface area contributed by atoms with Crippen molar-refractivity contribution in [3.8, 4) is 34.5 Å². The second-order valence-electron chi connectivity index (χ2n) is 16.9. The van der Waals surface area contributed by atoms with Crippen LogP contribution in [0.5, 0.6) is 34.5 Å². The van der Waals surface area contributed by atoms with E-state index in [1.165, 1.54) is 42.3 Å². The summed E-state index contributed by atoms with van der Waals surface area (Å²) in [7, 11) is 10.5. The van der Waals surface area contributed by atoms with Gasteiger partial charge in [0, 0.05) is 76.3 Å². The lowest BCUT2D eigenvalue weighted by molar-refractivity contribution is -0.963. The fourth-order valence-corrected chi connectivity index (χ4v) is 11.5. The van der Waals surface area contributed by atoms with Gasteiger partial charge in [-0.1, -0.05) is 0 Å². The molecule has 4 bridgehead atoms. The summed E-state index contributed by atoms with van der Waals surface area (Å²) in [5, 5.41) is 21.7. The topological polar surface area (TPSA) is 164 Å². The van der Waals surface area contributed by atoms with Crippen molar-refractivity contribution in [3.05, 3.63) is 35.4 Å². The minimum Gasteiger partial charge on any atom is -1.00 e. The van der Waals surface area contributed by atoms with Crippen LogP contribution < -0.4 is 53.2 Å². The number of carbonyl (C=O) groups is 4. The van der Waals surface area contributed by atoms with E-state index in [0.717, 1.165) is 36.8 Å². The fourth-order valence-electron chi connectivity index (χ4n) is 11.5. The number of carboxylic acids is 2. The average molecular weight is 854 g/mol. The molecule has 0 saturated carbocycles. The van der Waals surface area contributed by atoms with E-state index < -0.39 is 35.7 Å². The van der Waals surface area contributed by atoms with E-state index in [2.05, 4.69) is 14.1 Å². The molecule has 4 heterocycles. The van der Waals surface area contributed by atoms with Crippen LogP contribution in [0.4, 0.5) is 0 Å². The maximum Gasteiger partial charge on any atom is 0.310 e. The number of fused-ring (bicyclic) bond motifs is 4. The van der Waals surface area contributed by atoms with Gasteiger partial charge in [-0.25, -0.2) is 0 Å². The van der Waals surface area contributed by atoms with Crippen molar-refractivity contribution in [2.75, 3.05) is 42.5 Å². The summed E-state index contributed by atoms with van der Waals surface area (Å²) in [6.07, 6.45) is 5.79. The number of halogens is 2. The first kappa shape index (κ1) is 46.7. The summed E-state index contributed by atoms with van der Waals surface area (Å²) in [5.74, 6) is -1.60.